The Labute approximate surface area is 63.3 Å². The molecule has 0 aromatic rings. The molecule has 0 fully saturated rings. The third-order valence-electron chi connectivity index (χ3n) is 1.44. The molecule has 1 atom stereocenters. The Morgan fingerprint density at radius 1 is 1.70 bits per heavy atom. The van der Waals surface area contributed by atoms with Crippen LogP contribution >= 0.6 is 0 Å². The molecule has 0 spiro atoms. The lowest BCUT2D eigenvalue weighted by atomic mass is 9.53. The Bertz CT molecular complexity index is 169. The minimum atomic E-state index is -0.198. The van der Waals surface area contributed by atoms with Gasteiger partial charge in [-0.1, -0.05) is 19.1 Å². The Morgan fingerprint density at radius 2 is 2.30 bits per heavy atom. The zero-order valence-electron chi connectivity index (χ0n) is 6.30. The van der Waals surface area contributed by atoms with E-state index in [1.165, 1.54) is 0 Å². The SMILES string of the molecule is C=CCC(C)([B]C#N)C=C. The number of hydrogen-bond donors (Lipinski definition) is 0. The molecule has 2 heteroatoms. The van der Waals surface area contributed by atoms with Gasteiger partial charge in [-0.15, -0.1) is 13.2 Å². The molecule has 0 saturated carbocycles. The number of rotatable bonds is 4. The van der Waals surface area contributed by atoms with Crippen LogP contribution in [0.15, 0.2) is 25.3 Å². The maximum Gasteiger partial charge on any atom is 0.265 e. The molecule has 0 heterocycles. The van der Waals surface area contributed by atoms with Crippen LogP contribution in [0.3, 0.4) is 0 Å². The first-order valence-corrected chi connectivity index (χ1v) is 3.17. The van der Waals surface area contributed by atoms with Crippen molar-refractivity contribution in [1.82, 2.24) is 0 Å². The third-order valence-corrected chi connectivity index (χ3v) is 1.44. The predicted molar refractivity (Wildman–Crippen MR) is 44.7 cm³/mol. The fourth-order valence-electron chi connectivity index (χ4n) is 0.660. The molecular weight excluding hydrogens is 121 g/mol. The quantitative estimate of drug-likeness (QED) is 0.424. The largest absolute Gasteiger partial charge is 0.265 e. The maximum atomic E-state index is 8.37. The molecule has 1 radical (unpaired) electrons. The van der Waals surface area contributed by atoms with E-state index in [9.17, 15) is 0 Å². The summed E-state index contributed by atoms with van der Waals surface area (Å²) >= 11 is 0. The molecule has 0 aliphatic carbocycles. The van der Waals surface area contributed by atoms with Crippen LogP contribution in [-0.4, -0.2) is 7.28 Å². The van der Waals surface area contributed by atoms with Gasteiger partial charge < -0.3 is 0 Å². The molecule has 1 nitrogen and oxygen atoms in total. The molecule has 0 amide bonds. The molecule has 0 aliphatic rings. The Kier molecular flexibility index (Phi) is 3.57. The van der Waals surface area contributed by atoms with Gasteiger partial charge in [0.15, 0.2) is 0 Å². The lowest BCUT2D eigenvalue weighted by Gasteiger charge is -2.18. The van der Waals surface area contributed by atoms with Gasteiger partial charge in [-0.3, -0.25) is 0 Å². The summed E-state index contributed by atoms with van der Waals surface area (Å²) in [6.07, 6.45) is 4.32. The molecule has 0 aromatic carbocycles. The summed E-state index contributed by atoms with van der Waals surface area (Å²) in [7, 11) is 1.57. The van der Waals surface area contributed by atoms with Crippen molar-refractivity contribution in [3.05, 3.63) is 25.3 Å². The first kappa shape index (κ1) is 9.03. The molecular formula is C8H11BN. The zero-order chi connectivity index (χ0) is 8.04. The van der Waals surface area contributed by atoms with E-state index >= 15 is 0 Å². The second kappa shape index (κ2) is 3.95. The topological polar surface area (TPSA) is 23.8 Å². The minimum absolute atomic E-state index is 0.198. The van der Waals surface area contributed by atoms with Crippen molar-refractivity contribution in [1.29, 1.82) is 5.26 Å². The number of nitrogens with zero attached hydrogens (tertiary/aromatic N) is 1. The van der Waals surface area contributed by atoms with E-state index in [1.54, 1.807) is 19.4 Å². The smallest absolute Gasteiger partial charge is 0.213 e. The van der Waals surface area contributed by atoms with Crippen molar-refractivity contribution in [2.75, 3.05) is 0 Å². The highest BCUT2D eigenvalue weighted by Crippen LogP contribution is 2.29. The van der Waals surface area contributed by atoms with Gasteiger partial charge in [-0.2, -0.15) is 0 Å². The summed E-state index contributed by atoms with van der Waals surface area (Å²) in [4.78, 5) is 0. The zero-order valence-corrected chi connectivity index (χ0v) is 6.30. The van der Waals surface area contributed by atoms with Crippen molar-refractivity contribution in [3.63, 3.8) is 0 Å². The summed E-state index contributed by atoms with van der Waals surface area (Å²) in [6, 6.07) is 0. The van der Waals surface area contributed by atoms with Crippen LogP contribution in [-0.2, 0) is 0 Å². The fraction of sp³-hybridized carbons (Fsp3) is 0.375. The summed E-state index contributed by atoms with van der Waals surface area (Å²) < 4.78 is 0. The standard InChI is InChI=1S/C8H11BN/c1-4-6-8(3,5-2)9-7-10/h4-5H,1-2,6H2,3H3. The molecule has 10 heavy (non-hydrogen) atoms. The second-order valence-electron chi connectivity index (χ2n) is 2.48. The van der Waals surface area contributed by atoms with Crippen LogP contribution in [0.4, 0.5) is 0 Å². The van der Waals surface area contributed by atoms with Crippen molar-refractivity contribution in [2.24, 2.45) is 0 Å². The Balaban J connectivity index is 4.09. The van der Waals surface area contributed by atoms with Gasteiger partial charge in [0, 0.05) is 0 Å². The monoisotopic (exact) mass is 132 g/mol. The van der Waals surface area contributed by atoms with Crippen LogP contribution in [0.25, 0.3) is 0 Å². The van der Waals surface area contributed by atoms with E-state index in [4.69, 9.17) is 5.26 Å². The molecule has 51 valence electrons. The fourth-order valence-corrected chi connectivity index (χ4v) is 0.660. The summed E-state index contributed by atoms with van der Waals surface area (Å²) in [5.41, 5.74) is 0. The van der Waals surface area contributed by atoms with Crippen molar-refractivity contribution in [3.8, 4) is 5.97 Å². The molecule has 0 bridgehead atoms. The average Bonchev–Trinajstić information content (AvgIpc) is 1.89. The third kappa shape index (κ3) is 2.54. The van der Waals surface area contributed by atoms with Gasteiger partial charge >= 0.3 is 0 Å². The van der Waals surface area contributed by atoms with Crippen LogP contribution in [0.5, 0.6) is 0 Å². The van der Waals surface area contributed by atoms with E-state index < -0.39 is 0 Å². The highest BCUT2D eigenvalue weighted by atomic mass is 14.2. The lowest BCUT2D eigenvalue weighted by molar-refractivity contribution is 0.769. The highest BCUT2D eigenvalue weighted by molar-refractivity contribution is 6.49. The van der Waals surface area contributed by atoms with Gasteiger partial charge in [-0.05, 0) is 17.7 Å². The van der Waals surface area contributed by atoms with Crippen LogP contribution < -0.4 is 0 Å². The average molecular weight is 132 g/mol. The van der Waals surface area contributed by atoms with E-state index in [-0.39, 0.29) is 5.31 Å². The molecule has 0 saturated heterocycles. The Morgan fingerprint density at radius 3 is 2.60 bits per heavy atom. The van der Waals surface area contributed by atoms with Gasteiger partial charge in [0.2, 0.25) is 0 Å². The van der Waals surface area contributed by atoms with Crippen molar-refractivity contribution in [2.45, 2.75) is 18.7 Å². The van der Waals surface area contributed by atoms with Gasteiger partial charge in [0.05, 0.1) is 0 Å². The van der Waals surface area contributed by atoms with Crippen molar-refractivity contribution < 1.29 is 0 Å². The van der Waals surface area contributed by atoms with E-state index in [2.05, 4.69) is 13.2 Å². The van der Waals surface area contributed by atoms with Crippen LogP contribution in [0.2, 0.25) is 5.31 Å². The Hall–Kier alpha value is -0.965. The first-order valence-electron chi connectivity index (χ1n) is 3.17. The van der Waals surface area contributed by atoms with Gasteiger partial charge in [0.25, 0.3) is 7.28 Å². The maximum absolute atomic E-state index is 8.37. The second-order valence-corrected chi connectivity index (χ2v) is 2.48. The molecule has 0 N–H and O–H groups in total. The van der Waals surface area contributed by atoms with Gasteiger partial charge in [0.1, 0.15) is 0 Å². The van der Waals surface area contributed by atoms with Crippen LogP contribution in [0, 0.1) is 11.2 Å². The molecule has 0 rings (SSSR count). The molecule has 1 unspecified atom stereocenters. The number of nitriles is 1. The normalized spacial score (nSPS) is 14.4. The summed E-state index contributed by atoms with van der Waals surface area (Å²) in [5, 5.41) is 8.17. The van der Waals surface area contributed by atoms with Gasteiger partial charge in [-0.25, -0.2) is 5.26 Å². The highest BCUT2D eigenvalue weighted by Gasteiger charge is 2.19. The lowest BCUT2D eigenvalue weighted by Crippen LogP contribution is -2.11. The predicted octanol–water partition coefficient (Wildman–Crippen LogP) is 2.11. The number of allylic oxidation sites excluding steroid dienone is 2. The van der Waals surface area contributed by atoms with E-state index in [0.717, 1.165) is 6.42 Å². The number of hydrogen-bond acceptors (Lipinski definition) is 1. The van der Waals surface area contributed by atoms with E-state index in [0.29, 0.717) is 0 Å². The minimum Gasteiger partial charge on any atom is -0.213 e. The molecule has 0 aromatic heterocycles. The summed E-state index contributed by atoms with van der Waals surface area (Å²) in [6.45, 7) is 9.19. The van der Waals surface area contributed by atoms with Crippen LogP contribution in [0.1, 0.15) is 13.3 Å². The van der Waals surface area contributed by atoms with E-state index in [1.807, 2.05) is 12.9 Å². The van der Waals surface area contributed by atoms with Crippen molar-refractivity contribution >= 4 is 7.28 Å². The summed E-state index contributed by atoms with van der Waals surface area (Å²) in [5.74, 6) is 2.00. The first-order chi connectivity index (χ1) is 4.68. The molecule has 0 aliphatic heterocycles.